The number of amides is 1. The molecule has 0 fully saturated rings. The van der Waals surface area contributed by atoms with Gasteiger partial charge < -0.3 is 25.1 Å². The first-order valence-corrected chi connectivity index (χ1v) is 13.2. The van der Waals surface area contributed by atoms with Crippen LogP contribution < -0.4 is 20.7 Å². The van der Waals surface area contributed by atoms with Gasteiger partial charge in [0.05, 0.1) is 18.2 Å². The number of carbonyl (C=O) groups excluding carboxylic acids is 1. The molecule has 2 aromatic heterocycles. The molecule has 214 valence electrons. The highest BCUT2D eigenvalue weighted by Crippen LogP contribution is 2.43. The maximum Gasteiger partial charge on any atom is 0.255 e. The number of ether oxygens (including phenoxy) is 1. The number of aromatic nitrogens is 2. The van der Waals surface area contributed by atoms with E-state index >= 15 is 0 Å². The van der Waals surface area contributed by atoms with Crippen molar-refractivity contribution >= 4 is 45.2 Å². The van der Waals surface area contributed by atoms with Crippen molar-refractivity contribution in [3.8, 4) is 28.2 Å². The molecule has 0 aliphatic rings. The Morgan fingerprint density at radius 2 is 1.88 bits per heavy atom. The number of hydrogen-bond donors (Lipinski definition) is 2. The highest BCUT2D eigenvalue weighted by Gasteiger charge is 2.25. The summed E-state index contributed by atoms with van der Waals surface area (Å²) in [5, 5.41) is 3.32. The minimum atomic E-state index is -0.379. The number of carbonyl (C=O) groups is 1. The third-order valence-electron chi connectivity index (χ3n) is 6.99. The molecule has 5 rings (SSSR count). The molecule has 3 N–H and O–H groups in total. The number of allylic oxidation sites excluding steroid dienone is 4. The zero-order valence-corrected chi connectivity index (χ0v) is 24.2. The smallest absolute Gasteiger partial charge is 0.255 e. The summed E-state index contributed by atoms with van der Waals surface area (Å²) >= 11 is 0. The van der Waals surface area contributed by atoms with Crippen LogP contribution in [0.1, 0.15) is 17.3 Å². The molecule has 0 spiro atoms. The summed E-state index contributed by atoms with van der Waals surface area (Å²) in [6, 6.07) is 13.5. The van der Waals surface area contributed by atoms with Crippen molar-refractivity contribution < 1.29 is 18.3 Å². The third-order valence-corrected chi connectivity index (χ3v) is 6.99. The number of methoxy groups -OCH3 is 1. The molecule has 9 heteroatoms. The monoisotopic (exact) mass is 565 g/mol. The molecule has 2 heterocycles. The van der Waals surface area contributed by atoms with Crippen molar-refractivity contribution in [3.63, 3.8) is 0 Å². The number of benzene rings is 3. The van der Waals surface area contributed by atoms with E-state index in [2.05, 4.69) is 23.5 Å². The van der Waals surface area contributed by atoms with Crippen molar-refractivity contribution in [1.29, 1.82) is 0 Å². The number of rotatable bonds is 8. The van der Waals surface area contributed by atoms with Gasteiger partial charge in [-0.05, 0) is 67.1 Å². The highest BCUT2D eigenvalue weighted by molar-refractivity contribution is 6.13. The summed E-state index contributed by atoms with van der Waals surface area (Å²) in [5.74, 6) is 0.455. The van der Waals surface area contributed by atoms with Crippen molar-refractivity contribution in [2.75, 3.05) is 38.9 Å². The molecule has 3 aromatic carbocycles. The summed E-state index contributed by atoms with van der Waals surface area (Å²) in [6.07, 6.45) is 3.57. The Labute approximate surface area is 243 Å². The average Bonchev–Trinajstić information content (AvgIpc) is 3.51. The first-order chi connectivity index (χ1) is 20.1. The predicted octanol–water partition coefficient (Wildman–Crippen LogP) is 6.88. The van der Waals surface area contributed by atoms with Crippen LogP contribution >= 0.6 is 0 Å². The molecule has 0 radical (unpaired) electrons. The second-order valence-corrected chi connectivity index (χ2v) is 10.1. The molecule has 0 atom stereocenters. The van der Waals surface area contributed by atoms with E-state index < -0.39 is 0 Å². The van der Waals surface area contributed by atoms with Gasteiger partial charge in [-0.1, -0.05) is 18.7 Å². The molecule has 0 unspecified atom stereocenters. The van der Waals surface area contributed by atoms with E-state index in [4.69, 9.17) is 14.9 Å². The van der Waals surface area contributed by atoms with Gasteiger partial charge in [-0.2, -0.15) is 0 Å². The molecule has 1 amide bonds. The molecule has 0 aliphatic heterocycles. The normalized spacial score (nSPS) is 11.6. The van der Waals surface area contributed by atoms with Crippen LogP contribution in [0, 0.1) is 5.82 Å². The number of hydrogen-bond acceptors (Lipinski definition) is 6. The van der Waals surface area contributed by atoms with E-state index in [1.54, 1.807) is 36.9 Å². The third kappa shape index (κ3) is 4.79. The zero-order valence-electron chi connectivity index (χ0n) is 24.2. The lowest BCUT2D eigenvalue weighted by Crippen LogP contribution is -2.18. The van der Waals surface area contributed by atoms with E-state index in [0.29, 0.717) is 50.3 Å². The fourth-order valence-electron chi connectivity index (χ4n) is 5.10. The van der Waals surface area contributed by atoms with Crippen molar-refractivity contribution in [2.24, 2.45) is 0 Å². The minimum Gasteiger partial charge on any atom is -0.494 e. The number of anilines is 2. The second kappa shape index (κ2) is 10.9. The lowest BCUT2D eigenvalue weighted by atomic mass is 9.97. The van der Waals surface area contributed by atoms with Crippen molar-refractivity contribution in [1.82, 2.24) is 14.9 Å². The van der Waals surface area contributed by atoms with Gasteiger partial charge in [0.25, 0.3) is 5.91 Å². The Morgan fingerprint density at radius 1 is 1.17 bits per heavy atom. The van der Waals surface area contributed by atoms with E-state index in [0.717, 1.165) is 22.4 Å². The summed E-state index contributed by atoms with van der Waals surface area (Å²) in [4.78, 5) is 19.8. The minimum absolute atomic E-state index is 0.275. The zero-order chi connectivity index (χ0) is 30.3. The Balaban J connectivity index is 1.85. The predicted molar refractivity (Wildman–Crippen MR) is 168 cm³/mol. The SMILES string of the molecule is C=CC(=CC(=C)C)n1c(N)nc2c(OC)cc(-c3cc4c(C(=O)NC)c(-c5ccc(F)cc5)oc4cc3N(C)C)cc21. The van der Waals surface area contributed by atoms with Crippen LogP contribution in [0.15, 0.2) is 83.8 Å². The number of furan rings is 1. The Morgan fingerprint density at radius 3 is 2.48 bits per heavy atom. The Bertz CT molecular complexity index is 1910. The molecule has 8 nitrogen and oxygen atoms in total. The number of fused-ring (bicyclic) bond motifs is 2. The fourth-order valence-corrected chi connectivity index (χ4v) is 5.10. The van der Waals surface area contributed by atoms with Crippen molar-refractivity contribution in [3.05, 3.63) is 90.8 Å². The number of nitrogen functional groups attached to an aromatic ring is 1. The number of imidazole rings is 1. The first-order valence-electron chi connectivity index (χ1n) is 13.2. The number of nitrogens with zero attached hydrogens (tertiary/aromatic N) is 3. The molecule has 5 aromatic rings. The summed E-state index contributed by atoms with van der Waals surface area (Å²) in [7, 11) is 7.00. The van der Waals surface area contributed by atoms with Crippen LogP contribution in [-0.4, -0.2) is 43.7 Å². The van der Waals surface area contributed by atoms with Crippen LogP contribution in [0.2, 0.25) is 0 Å². The molecule has 0 bridgehead atoms. The largest absolute Gasteiger partial charge is 0.494 e. The topological polar surface area (TPSA) is 98.6 Å². The maximum absolute atomic E-state index is 13.7. The molecule has 0 saturated heterocycles. The molecular formula is C33H32FN5O3. The number of nitrogens with one attached hydrogen (secondary N) is 1. The summed E-state index contributed by atoms with van der Waals surface area (Å²) in [6.45, 7) is 9.84. The second-order valence-electron chi connectivity index (χ2n) is 10.1. The van der Waals surface area contributed by atoms with Gasteiger partial charge in [-0.25, -0.2) is 9.37 Å². The van der Waals surface area contributed by atoms with Gasteiger partial charge in [0.1, 0.15) is 28.4 Å². The Hall–Kier alpha value is -5.31. The maximum atomic E-state index is 13.7. The van der Waals surface area contributed by atoms with Gasteiger partial charge in [-0.15, -0.1) is 0 Å². The van der Waals surface area contributed by atoms with Crippen LogP contribution in [0.4, 0.5) is 16.0 Å². The lowest BCUT2D eigenvalue weighted by Gasteiger charge is -2.19. The Kier molecular flexibility index (Phi) is 7.34. The van der Waals surface area contributed by atoms with E-state index in [-0.39, 0.29) is 17.7 Å². The average molecular weight is 566 g/mol. The van der Waals surface area contributed by atoms with E-state index in [9.17, 15) is 9.18 Å². The number of halogens is 1. The quantitative estimate of drug-likeness (QED) is 0.199. The van der Waals surface area contributed by atoms with Gasteiger partial charge in [0.15, 0.2) is 0 Å². The lowest BCUT2D eigenvalue weighted by molar-refractivity contribution is 0.0964. The van der Waals surface area contributed by atoms with E-state index in [1.807, 2.05) is 56.3 Å². The van der Waals surface area contributed by atoms with Gasteiger partial charge in [0, 0.05) is 55.1 Å². The number of nitrogens with two attached hydrogens (primary N) is 1. The highest BCUT2D eigenvalue weighted by atomic mass is 19.1. The van der Waals surface area contributed by atoms with Crippen LogP contribution in [0.3, 0.4) is 0 Å². The van der Waals surface area contributed by atoms with Crippen LogP contribution in [0.25, 0.3) is 50.2 Å². The van der Waals surface area contributed by atoms with Gasteiger partial charge in [0.2, 0.25) is 5.95 Å². The standard InChI is InChI=1S/C33H32FN5O3/c1-8-22(13-18(2)3)39-26-14-20(15-28(41-7)30(26)37-33(39)35)23-16-24-27(17-25(23)38(5)6)42-31(29(24)32(40)36-4)19-9-11-21(34)12-10-19/h8-17H,1-2H2,3-7H3,(H2,35,37)(H,36,40). The first kappa shape index (κ1) is 28.2. The van der Waals surface area contributed by atoms with Crippen molar-refractivity contribution in [2.45, 2.75) is 6.92 Å². The van der Waals surface area contributed by atoms with E-state index in [1.165, 1.54) is 12.1 Å². The molecule has 0 aliphatic carbocycles. The summed E-state index contributed by atoms with van der Waals surface area (Å²) in [5.41, 5.74) is 13.2. The van der Waals surface area contributed by atoms with Crippen LogP contribution in [0.5, 0.6) is 5.75 Å². The molecule has 0 saturated carbocycles. The molecular weight excluding hydrogens is 533 g/mol. The summed E-state index contributed by atoms with van der Waals surface area (Å²) < 4.78 is 27.5. The van der Waals surface area contributed by atoms with Gasteiger partial charge in [-0.3, -0.25) is 9.36 Å². The fraction of sp³-hybridized carbons (Fsp3) is 0.152. The molecule has 42 heavy (non-hydrogen) atoms. The van der Waals surface area contributed by atoms with Gasteiger partial charge >= 0.3 is 0 Å². The van der Waals surface area contributed by atoms with Crippen LogP contribution in [-0.2, 0) is 0 Å².